The van der Waals surface area contributed by atoms with Gasteiger partial charge in [-0.1, -0.05) is 79.9 Å². The highest BCUT2D eigenvalue weighted by atomic mass is 16.2. The van der Waals surface area contributed by atoms with Gasteiger partial charge in [-0.05, 0) is 50.3 Å². The Labute approximate surface area is 248 Å². The second-order valence-electron chi connectivity index (χ2n) is 11.9. The molecular weight excluding hydrogens is 530 g/mol. The Bertz CT molecular complexity index is 1250. The van der Waals surface area contributed by atoms with Gasteiger partial charge >= 0.3 is 0 Å². The molecule has 3 fully saturated rings. The fourth-order valence-electron chi connectivity index (χ4n) is 6.63. The van der Waals surface area contributed by atoms with Crippen molar-refractivity contribution < 1.29 is 19.2 Å². The normalized spacial score (nSPS) is 22.6. The summed E-state index contributed by atoms with van der Waals surface area (Å²) < 4.78 is 0. The number of carbonyl (C=O) groups excluding carboxylic acids is 4. The molecule has 2 saturated heterocycles. The van der Waals surface area contributed by atoms with E-state index in [1.54, 1.807) is 23.8 Å². The van der Waals surface area contributed by atoms with Crippen molar-refractivity contribution in [2.24, 2.45) is 5.92 Å². The molecule has 2 aliphatic heterocycles. The summed E-state index contributed by atoms with van der Waals surface area (Å²) in [7, 11) is 1.72. The molecule has 1 aliphatic carbocycles. The van der Waals surface area contributed by atoms with Crippen LogP contribution in [-0.4, -0.2) is 89.3 Å². The zero-order valence-corrected chi connectivity index (χ0v) is 24.7. The Morgan fingerprint density at radius 2 is 1.57 bits per heavy atom. The van der Waals surface area contributed by atoms with E-state index in [2.05, 4.69) is 10.6 Å². The lowest BCUT2D eigenvalue weighted by Gasteiger charge is -2.45. The number of hydrogen-bond acceptors (Lipinski definition) is 5. The smallest absolute Gasteiger partial charge is 0.247 e. The van der Waals surface area contributed by atoms with Gasteiger partial charge in [0.1, 0.15) is 24.8 Å². The van der Waals surface area contributed by atoms with Crippen molar-refractivity contribution in [3.05, 3.63) is 71.8 Å². The molecule has 3 aliphatic rings. The van der Waals surface area contributed by atoms with Gasteiger partial charge in [0.25, 0.3) is 0 Å². The Morgan fingerprint density at radius 3 is 2.21 bits per heavy atom. The van der Waals surface area contributed by atoms with Crippen LogP contribution in [0, 0.1) is 5.92 Å². The van der Waals surface area contributed by atoms with Gasteiger partial charge < -0.3 is 25.3 Å². The number of amides is 4. The van der Waals surface area contributed by atoms with Crippen molar-refractivity contribution in [1.29, 1.82) is 0 Å². The molecule has 1 unspecified atom stereocenters. The molecule has 2 heterocycles. The molecule has 4 amide bonds. The van der Waals surface area contributed by atoms with Crippen molar-refractivity contribution in [1.82, 2.24) is 25.3 Å². The summed E-state index contributed by atoms with van der Waals surface area (Å²) in [6, 6.07) is 17.9. The van der Waals surface area contributed by atoms with E-state index >= 15 is 0 Å². The number of fused-ring (bicyclic) bond motifs is 1. The molecule has 2 aromatic rings. The summed E-state index contributed by atoms with van der Waals surface area (Å²) in [6.07, 6.45) is 5.37. The van der Waals surface area contributed by atoms with Gasteiger partial charge in [0.2, 0.25) is 23.6 Å². The van der Waals surface area contributed by atoms with Crippen LogP contribution in [0.2, 0.25) is 0 Å². The molecule has 5 rings (SSSR count). The minimum atomic E-state index is -0.704. The van der Waals surface area contributed by atoms with Crippen LogP contribution in [0.5, 0.6) is 0 Å². The van der Waals surface area contributed by atoms with Crippen LogP contribution in [0.25, 0.3) is 0 Å². The predicted molar refractivity (Wildman–Crippen MR) is 160 cm³/mol. The fraction of sp³-hybridized carbons (Fsp3) is 0.515. The summed E-state index contributed by atoms with van der Waals surface area (Å²) >= 11 is 0. The van der Waals surface area contributed by atoms with E-state index in [0.29, 0.717) is 19.4 Å². The highest BCUT2D eigenvalue weighted by molar-refractivity contribution is 5.97. The molecule has 42 heavy (non-hydrogen) atoms. The van der Waals surface area contributed by atoms with Crippen LogP contribution in [0.1, 0.15) is 50.2 Å². The van der Waals surface area contributed by atoms with E-state index in [1.165, 1.54) is 0 Å². The lowest BCUT2D eigenvalue weighted by atomic mass is 9.83. The standard InChI is InChI=1S/C33H43N5O4/c1-23(34-2)31(40)35-30(26-16-10-5-11-17-26)33(42)37-22-29(39)38-27(20-25-14-8-4-9-15-25)32(41)36(21-28(37)38)19-18-24-12-6-3-7-13-24/h3-4,6-9,12-15,23,26-28,30,34H,5,10-11,16-22H2,1-2H3,(H,35,40)/t23?,27-,28+,30-/m0/s1. The van der Waals surface area contributed by atoms with Crippen molar-refractivity contribution in [3.63, 3.8) is 0 Å². The van der Waals surface area contributed by atoms with Crippen molar-refractivity contribution in [2.75, 3.05) is 26.7 Å². The quantitative estimate of drug-likeness (QED) is 0.455. The topological polar surface area (TPSA) is 102 Å². The zero-order valence-electron chi connectivity index (χ0n) is 24.7. The van der Waals surface area contributed by atoms with E-state index < -0.39 is 24.3 Å². The lowest BCUT2D eigenvalue weighted by Crippen LogP contribution is -2.66. The van der Waals surface area contributed by atoms with Crippen LogP contribution < -0.4 is 10.6 Å². The molecule has 2 N–H and O–H groups in total. The number of nitrogens with one attached hydrogen (secondary N) is 2. The summed E-state index contributed by atoms with van der Waals surface area (Å²) in [4.78, 5) is 59.9. The number of hydrogen-bond donors (Lipinski definition) is 2. The summed E-state index contributed by atoms with van der Waals surface area (Å²) in [5.41, 5.74) is 2.09. The molecule has 0 aromatic heterocycles. The van der Waals surface area contributed by atoms with E-state index in [4.69, 9.17) is 0 Å². The molecule has 4 atom stereocenters. The number of likely N-dealkylation sites (N-methyl/N-ethyl adjacent to an activating group) is 1. The number of piperazine rings is 1. The predicted octanol–water partition coefficient (Wildman–Crippen LogP) is 2.35. The third-order valence-electron chi connectivity index (χ3n) is 9.17. The number of rotatable bonds is 10. The van der Waals surface area contributed by atoms with Gasteiger partial charge in [-0.15, -0.1) is 0 Å². The average molecular weight is 574 g/mol. The van der Waals surface area contributed by atoms with Crippen LogP contribution in [0.15, 0.2) is 60.7 Å². The van der Waals surface area contributed by atoms with Crippen molar-refractivity contribution >= 4 is 23.6 Å². The molecule has 9 nitrogen and oxygen atoms in total. The van der Waals surface area contributed by atoms with Crippen LogP contribution >= 0.6 is 0 Å². The maximum Gasteiger partial charge on any atom is 0.247 e. The maximum absolute atomic E-state index is 14.3. The maximum atomic E-state index is 14.3. The minimum Gasteiger partial charge on any atom is -0.343 e. The average Bonchev–Trinajstić information content (AvgIpc) is 3.36. The second kappa shape index (κ2) is 13.5. The third kappa shape index (κ3) is 6.51. The Kier molecular flexibility index (Phi) is 9.57. The van der Waals surface area contributed by atoms with Gasteiger partial charge in [0, 0.05) is 13.0 Å². The molecule has 2 aromatic carbocycles. The number of carbonyl (C=O) groups is 4. The van der Waals surface area contributed by atoms with Gasteiger partial charge in [0.15, 0.2) is 0 Å². The van der Waals surface area contributed by atoms with Crippen LogP contribution in [-0.2, 0) is 32.0 Å². The van der Waals surface area contributed by atoms with Crippen molar-refractivity contribution in [2.45, 2.75) is 76.2 Å². The first-order valence-corrected chi connectivity index (χ1v) is 15.3. The highest BCUT2D eigenvalue weighted by Gasteiger charge is 2.52. The van der Waals surface area contributed by atoms with Crippen LogP contribution in [0.4, 0.5) is 0 Å². The molecular formula is C33H43N5O4. The van der Waals surface area contributed by atoms with E-state index in [0.717, 1.165) is 43.2 Å². The minimum absolute atomic E-state index is 0.0166. The molecule has 0 radical (unpaired) electrons. The van der Waals surface area contributed by atoms with Crippen LogP contribution in [0.3, 0.4) is 0 Å². The summed E-state index contributed by atoms with van der Waals surface area (Å²) in [6.45, 7) is 2.43. The van der Waals surface area contributed by atoms with Crippen molar-refractivity contribution in [3.8, 4) is 0 Å². The Hall–Kier alpha value is -3.72. The first-order valence-electron chi connectivity index (χ1n) is 15.3. The number of benzene rings is 2. The lowest BCUT2D eigenvalue weighted by molar-refractivity contribution is -0.156. The molecule has 224 valence electrons. The van der Waals surface area contributed by atoms with E-state index in [1.807, 2.05) is 65.6 Å². The third-order valence-corrected chi connectivity index (χ3v) is 9.17. The number of nitrogens with zero attached hydrogens (tertiary/aromatic N) is 3. The highest BCUT2D eigenvalue weighted by Crippen LogP contribution is 2.32. The first kappa shape index (κ1) is 29.8. The molecule has 0 spiro atoms. The zero-order chi connectivity index (χ0) is 29.6. The van der Waals surface area contributed by atoms with E-state index in [-0.39, 0.29) is 42.6 Å². The Morgan fingerprint density at radius 1 is 0.929 bits per heavy atom. The van der Waals surface area contributed by atoms with Gasteiger partial charge in [-0.25, -0.2) is 0 Å². The largest absolute Gasteiger partial charge is 0.343 e. The summed E-state index contributed by atoms with van der Waals surface area (Å²) in [5, 5.41) is 6.00. The molecule has 0 bridgehead atoms. The second-order valence-corrected chi connectivity index (χ2v) is 11.9. The Balaban J connectivity index is 1.43. The van der Waals surface area contributed by atoms with E-state index in [9.17, 15) is 19.2 Å². The first-order chi connectivity index (χ1) is 20.4. The summed E-state index contributed by atoms with van der Waals surface area (Å²) in [5.74, 6) is -0.747. The van der Waals surface area contributed by atoms with Gasteiger partial charge in [0.05, 0.1) is 12.6 Å². The fourth-order valence-corrected chi connectivity index (χ4v) is 6.63. The molecule has 9 heteroatoms. The van der Waals surface area contributed by atoms with Gasteiger partial charge in [-0.2, -0.15) is 0 Å². The molecule has 1 saturated carbocycles. The SMILES string of the molecule is CNC(C)C(=O)N[C@H](C(=O)N1CC(=O)N2[C@@H]1CN(CCc1ccccc1)C(=O)[C@@H]2Cc1ccccc1)C1CCCCC1. The van der Waals surface area contributed by atoms with Gasteiger partial charge in [-0.3, -0.25) is 19.2 Å². The monoisotopic (exact) mass is 573 g/mol.